The van der Waals surface area contributed by atoms with Gasteiger partial charge in [-0.15, -0.1) is 23.2 Å². The first-order valence-corrected chi connectivity index (χ1v) is 5.29. The molecule has 15 heavy (non-hydrogen) atoms. The Balaban J connectivity index is 2.31. The molecule has 1 aromatic carbocycles. The van der Waals surface area contributed by atoms with Crippen LogP contribution in [0.15, 0.2) is 30.3 Å². The van der Waals surface area contributed by atoms with Crippen molar-refractivity contribution < 1.29 is 14.3 Å². The molecule has 1 unspecified atom stereocenters. The van der Waals surface area contributed by atoms with Crippen LogP contribution >= 0.6 is 23.2 Å². The van der Waals surface area contributed by atoms with Crippen LogP contribution in [0.5, 0.6) is 5.75 Å². The van der Waals surface area contributed by atoms with Gasteiger partial charge in [-0.05, 0) is 12.1 Å². The maximum Gasteiger partial charge on any atom is 0.513 e. The van der Waals surface area contributed by atoms with Crippen molar-refractivity contribution in [3.05, 3.63) is 30.3 Å². The summed E-state index contributed by atoms with van der Waals surface area (Å²) in [7, 11) is 0. The van der Waals surface area contributed by atoms with E-state index in [2.05, 4.69) is 0 Å². The maximum atomic E-state index is 11.1. The molecule has 1 aromatic rings. The molecule has 0 saturated heterocycles. The molecule has 0 aliphatic heterocycles. The smallest absolute Gasteiger partial charge is 0.432 e. The molecule has 0 aliphatic rings. The number of carbonyl (C=O) groups is 1. The van der Waals surface area contributed by atoms with Gasteiger partial charge in [0.15, 0.2) is 0 Å². The van der Waals surface area contributed by atoms with E-state index in [9.17, 15) is 4.79 Å². The topological polar surface area (TPSA) is 35.5 Å². The lowest BCUT2D eigenvalue weighted by Crippen LogP contribution is -2.18. The van der Waals surface area contributed by atoms with Crippen molar-refractivity contribution in [2.24, 2.45) is 0 Å². The fourth-order valence-corrected chi connectivity index (χ4v) is 0.969. The Bertz CT molecular complexity index is 303. The number of alkyl halides is 2. The van der Waals surface area contributed by atoms with E-state index in [1.165, 1.54) is 0 Å². The van der Waals surface area contributed by atoms with Gasteiger partial charge in [0.25, 0.3) is 0 Å². The van der Waals surface area contributed by atoms with E-state index in [0.717, 1.165) is 0 Å². The van der Waals surface area contributed by atoms with E-state index in [0.29, 0.717) is 5.75 Å². The molecule has 0 saturated carbocycles. The predicted molar refractivity (Wildman–Crippen MR) is 58.8 cm³/mol. The summed E-state index contributed by atoms with van der Waals surface area (Å²) in [4.78, 5) is 11.1. The summed E-state index contributed by atoms with van der Waals surface area (Å²) in [5.74, 6) is 0.652. The summed E-state index contributed by atoms with van der Waals surface area (Å²) < 4.78 is 9.57. The zero-order chi connectivity index (χ0) is 11.1. The van der Waals surface area contributed by atoms with Crippen molar-refractivity contribution in [3.63, 3.8) is 0 Å². The Morgan fingerprint density at radius 3 is 2.60 bits per heavy atom. The van der Waals surface area contributed by atoms with Crippen LogP contribution in [0.4, 0.5) is 4.79 Å². The number of hydrogen-bond donors (Lipinski definition) is 0. The van der Waals surface area contributed by atoms with Crippen LogP contribution in [0.25, 0.3) is 0 Å². The fourth-order valence-electron chi connectivity index (χ4n) is 0.817. The highest BCUT2D eigenvalue weighted by atomic mass is 35.5. The van der Waals surface area contributed by atoms with E-state index >= 15 is 0 Å². The van der Waals surface area contributed by atoms with Crippen molar-refractivity contribution in [2.45, 2.75) is 5.38 Å². The number of halogens is 2. The van der Waals surface area contributed by atoms with E-state index in [1.54, 1.807) is 24.3 Å². The van der Waals surface area contributed by atoms with Gasteiger partial charge in [-0.2, -0.15) is 0 Å². The molecule has 82 valence electrons. The van der Waals surface area contributed by atoms with Gasteiger partial charge in [0.1, 0.15) is 12.4 Å². The van der Waals surface area contributed by atoms with E-state index in [-0.39, 0.29) is 12.5 Å². The Morgan fingerprint density at radius 1 is 1.33 bits per heavy atom. The molecule has 0 amide bonds. The summed E-state index contributed by atoms with van der Waals surface area (Å²) in [6, 6.07) is 8.64. The van der Waals surface area contributed by atoms with E-state index in [1.807, 2.05) is 6.07 Å². The standard InChI is InChI=1S/C10H10Cl2O3/c11-6-8(12)7-14-10(13)15-9-4-2-1-3-5-9/h1-5,8H,6-7H2. The minimum Gasteiger partial charge on any atom is -0.432 e. The number of rotatable bonds is 4. The largest absolute Gasteiger partial charge is 0.513 e. The quantitative estimate of drug-likeness (QED) is 0.467. The van der Waals surface area contributed by atoms with Crippen molar-refractivity contribution in [2.75, 3.05) is 12.5 Å². The highest BCUT2D eigenvalue weighted by Gasteiger charge is 2.09. The molecule has 1 atom stereocenters. The summed E-state index contributed by atoms with van der Waals surface area (Å²) in [5.41, 5.74) is 0. The monoisotopic (exact) mass is 248 g/mol. The third kappa shape index (κ3) is 4.91. The molecule has 3 nitrogen and oxygen atoms in total. The van der Waals surface area contributed by atoms with Gasteiger partial charge in [-0.3, -0.25) is 0 Å². The Labute approximate surface area is 97.9 Å². The molecular weight excluding hydrogens is 239 g/mol. The summed E-state index contributed by atoms with van der Waals surface area (Å²) in [6.07, 6.45) is -0.781. The highest BCUT2D eigenvalue weighted by Crippen LogP contribution is 2.09. The normalized spacial score (nSPS) is 11.9. The molecule has 0 heterocycles. The zero-order valence-corrected chi connectivity index (χ0v) is 9.37. The first kappa shape index (κ1) is 12.1. The van der Waals surface area contributed by atoms with Crippen LogP contribution in [0.2, 0.25) is 0 Å². The molecule has 0 aromatic heterocycles. The van der Waals surface area contributed by atoms with Gasteiger partial charge in [0.05, 0.1) is 5.38 Å². The molecule has 0 fully saturated rings. The van der Waals surface area contributed by atoms with Crippen LogP contribution < -0.4 is 4.74 Å². The van der Waals surface area contributed by atoms with Gasteiger partial charge in [-0.1, -0.05) is 18.2 Å². The van der Waals surface area contributed by atoms with Gasteiger partial charge in [0.2, 0.25) is 0 Å². The number of hydrogen-bond acceptors (Lipinski definition) is 3. The van der Waals surface area contributed by atoms with Crippen LogP contribution in [-0.2, 0) is 4.74 Å². The van der Waals surface area contributed by atoms with Crippen molar-refractivity contribution in [1.82, 2.24) is 0 Å². The van der Waals surface area contributed by atoms with Gasteiger partial charge in [-0.25, -0.2) is 4.79 Å². The molecule has 0 aliphatic carbocycles. The molecule has 0 bridgehead atoms. The number of para-hydroxylation sites is 1. The van der Waals surface area contributed by atoms with Crippen LogP contribution in [-0.4, -0.2) is 24.0 Å². The van der Waals surface area contributed by atoms with E-state index in [4.69, 9.17) is 32.7 Å². The Hall–Kier alpha value is -0.930. The second kappa shape index (κ2) is 6.53. The van der Waals surface area contributed by atoms with Gasteiger partial charge >= 0.3 is 6.16 Å². The van der Waals surface area contributed by atoms with Crippen molar-refractivity contribution in [3.8, 4) is 5.75 Å². The van der Waals surface area contributed by atoms with Gasteiger partial charge in [0, 0.05) is 5.88 Å². The molecule has 0 N–H and O–H groups in total. The third-order valence-electron chi connectivity index (χ3n) is 1.49. The molecule has 0 radical (unpaired) electrons. The lowest BCUT2D eigenvalue weighted by Gasteiger charge is -2.07. The number of benzene rings is 1. The average molecular weight is 249 g/mol. The van der Waals surface area contributed by atoms with Crippen molar-refractivity contribution >= 4 is 29.4 Å². The second-order valence-corrected chi connectivity index (χ2v) is 3.65. The molecule has 5 heteroatoms. The first-order valence-electron chi connectivity index (χ1n) is 4.32. The summed E-state index contributed by atoms with van der Waals surface area (Å²) in [6.45, 7) is 0.0384. The maximum absolute atomic E-state index is 11.1. The van der Waals surface area contributed by atoms with Crippen molar-refractivity contribution in [1.29, 1.82) is 0 Å². The first-order chi connectivity index (χ1) is 7.22. The minimum atomic E-state index is -0.781. The lowest BCUT2D eigenvalue weighted by atomic mass is 10.3. The van der Waals surface area contributed by atoms with Crippen LogP contribution in [0, 0.1) is 0 Å². The van der Waals surface area contributed by atoms with Gasteiger partial charge < -0.3 is 9.47 Å². The molecule has 0 spiro atoms. The predicted octanol–water partition coefficient (Wildman–Crippen LogP) is 3.05. The van der Waals surface area contributed by atoms with Crippen LogP contribution in [0.3, 0.4) is 0 Å². The lowest BCUT2D eigenvalue weighted by molar-refractivity contribution is 0.100. The average Bonchev–Trinajstić information content (AvgIpc) is 2.27. The Kier molecular flexibility index (Phi) is 5.29. The molecular formula is C10H10Cl2O3. The molecule has 1 rings (SSSR count). The Morgan fingerprint density at radius 2 is 2.00 bits per heavy atom. The summed E-state index contributed by atoms with van der Waals surface area (Å²) in [5, 5.41) is -0.394. The van der Waals surface area contributed by atoms with E-state index < -0.39 is 11.5 Å². The SMILES string of the molecule is O=C(OCC(Cl)CCl)Oc1ccccc1. The highest BCUT2D eigenvalue weighted by molar-refractivity contribution is 6.28. The third-order valence-corrected chi connectivity index (χ3v) is 2.30. The second-order valence-electron chi connectivity index (χ2n) is 2.73. The zero-order valence-electron chi connectivity index (χ0n) is 7.86. The fraction of sp³-hybridized carbons (Fsp3) is 0.300. The van der Waals surface area contributed by atoms with Crippen LogP contribution in [0.1, 0.15) is 0 Å². The summed E-state index contributed by atoms with van der Waals surface area (Å²) >= 11 is 11.1. The minimum absolute atomic E-state index is 0.0384. The number of carbonyl (C=O) groups excluding carboxylic acids is 1. The number of ether oxygens (including phenoxy) is 2.